The number of rotatable bonds is 3. The summed E-state index contributed by atoms with van der Waals surface area (Å²) < 4.78 is 1.06. The summed E-state index contributed by atoms with van der Waals surface area (Å²) in [6, 6.07) is 10.6. The van der Waals surface area contributed by atoms with Crippen LogP contribution in [0, 0.1) is 0 Å². The van der Waals surface area contributed by atoms with Gasteiger partial charge in [-0.2, -0.15) is 0 Å². The van der Waals surface area contributed by atoms with Crippen LogP contribution in [0.5, 0.6) is 0 Å². The highest BCUT2D eigenvalue weighted by Gasteiger charge is 2.11. The van der Waals surface area contributed by atoms with Gasteiger partial charge in [-0.25, -0.2) is 0 Å². The molecule has 0 unspecified atom stereocenters. The van der Waals surface area contributed by atoms with E-state index in [1.54, 1.807) is 0 Å². The summed E-state index contributed by atoms with van der Waals surface area (Å²) in [7, 11) is 4.51. The molecule has 74 valence electrons. The zero-order valence-electron chi connectivity index (χ0n) is 8.25. The van der Waals surface area contributed by atoms with Crippen LogP contribution in [0.1, 0.15) is 19.9 Å². The Hall–Kier alpha value is -0.820. The molecule has 1 aromatic rings. The van der Waals surface area contributed by atoms with Gasteiger partial charge < -0.3 is 4.48 Å². The highest BCUT2D eigenvalue weighted by Crippen LogP contribution is 2.07. The lowest BCUT2D eigenvalue weighted by molar-refractivity contribution is -0.901. The monoisotopic (exact) mass is 180 g/mol. The second kappa shape index (κ2) is 5.03. The minimum absolute atomic E-state index is 0. The number of hydrogen-bond acceptors (Lipinski definition) is 0. The number of benzene rings is 1. The zero-order valence-corrected chi connectivity index (χ0v) is 8.25. The number of quaternary nitrogens is 1. The first kappa shape index (κ1) is 12.2. The van der Waals surface area contributed by atoms with Gasteiger partial charge in [-0.1, -0.05) is 37.8 Å². The van der Waals surface area contributed by atoms with Gasteiger partial charge in [0.2, 0.25) is 0 Å². The van der Waals surface area contributed by atoms with Crippen molar-refractivity contribution in [2.75, 3.05) is 20.6 Å². The van der Waals surface area contributed by atoms with Crippen LogP contribution in [0.25, 0.3) is 0 Å². The molecule has 13 heavy (non-hydrogen) atoms. The van der Waals surface area contributed by atoms with E-state index in [4.69, 9.17) is 0 Å². The van der Waals surface area contributed by atoms with E-state index in [-0.39, 0.29) is 7.43 Å². The third kappa shape index (κ3) is 4.09. The first-order valence-corrected chi connectivity index (χ1v) is 4.50. The first-order chi connectivity index (χ1) is 5.64. The molecule has 0 saturated heterocycles. The van der Waals surface area contributed by atoms with Crippen molar-refractivity contribution in [1.29, 1.82) is 0 Å². The van der Waals surface area contributed by atoms with E-state index < -0.39 is 0 Å². The van der Waals surface area contributed by atoms with Gasteiger partial charge in [-0.15, -0.1) is 0 Å². The van der Waals surface area contributed by atoms with E-state index in [0.29, 0.717) is 0 Å². The van der Waals surface area contributed by atoms with Crippen molar-refractivity contribution in [3.05, 3.63) is 35.9 Å². The summed E-state index contributed by atoms with van der Waals surface area (Å²) in [4.78, 5) is 0. The van der Waals surface area contributed by atoms with Crippen molar-refractivity contribution < 1.29 is 4.48 Å². The second-order valence-corrected chi connectivity index (χ2v) is 3.90. The molecule has 0 spiro atoms. The average Bonchev–Trinajstić information content (AvgIpc) is 2.06. The maximum Gasteiger partial charge on any atom is 0.104 e. The summed E-state index contributed by atoms with van der Waals surface area (Å²) in [6.45, 7) is 4.52. The highest BCUT2D eigenvalue weighted by atomic mass is 15.3. The van der Waals surface area contributed by atoms with Crippen LogP contribution in [0.4, 0.5) is 0 Å². The molecule has 0 amide bonds. The van der Waals surface area contributed by atoms with Crippen molar-refractivity contribution in [3.8, 4) is 0 Å². The quantitative estimate of drug-likeness (QED) is 0.627. The van der Waals surface area contributed by atoms with Crippen LogP contribution in [0.2, 0.25) is 0 Å². The molecule has 0 atom stereocenters. The third-order valence-electron chi connectivity index (χ3n) is 2.31. The van der Waals surface area contributed by atoms with Gasteiger partial charge in [0.05, 0.1) is 20.6 Å². The normalized spacial score (nSPS) is 10.7. The van der Waals surface area contributed by atoms with Crippen LogP contribution in [-0.2, 0) is 6.54 Å². The molecule has 0 heterocycles. The van der Waals surface area contributed by atoms with Crippen molar-refractivity contribution >= 4 is 0 Å². The standard InChI is InChI=1S/C11H18N.CH4/c1-4-12(2,3)10-11-8-6-5-7-9-11;/h5-9H,4,10H2,1-3H3;1H4/q+1;. The highest BCUT2D eigenvalue weighted by molar-refractivity contribution is 5.13. The van der Waals surface area contributed by atoms with Crippen molar-refractivity contribution in [2.24, 2.45) is 0 Å². The Morgan fingerprint density at radius 1 is 1.08 bits per heavy atom. The Balaban J connectivity index is 0.00000144. The summed E-state index contributed by atoms with van der Waals surface area (Å²) in [6.07, 6.45) is 0. The molecule has 0 fully saturated rings. The molecule has 0 bridgehead atoms. The maximum atomic E-state index is 2.26. The SMILES string of the molecule is C.CC[N+](C)(C)Cc1ccccc1. The Labute approximate surface area is 82.6 Å². The fraction of sp³-hybridized carbons (Fsp3) is 0.500. The Bertz CT molecular complexity index is 226. The smallest absolute Gasteiger partial charge is 0.104 e. The molecule has 0 aromatic heterocycles. The molecule has 0 saturated carbocycles. The van der Waals surface area contributed by atoms with Crippen LogP contribution in [0.15, 0.2) is 30.3 Å². The van der Waals surface area contributed by atoms with E-state index >= 15 is 0 Å². The molecule has 0 aliphatic rings. The van der Waals surface area contributed by atoms with Crippen molar-refractivity contribution in [2.45, 2.75) is 20.9 Å². The van der Waals surface area contributed by atoms with E-state index in [9.17, 15) is 0 Å². The molecule has 0 N–H and O–H groups in total. The summed E-state index contributed by atoms with van der Waals surface area (Å²) in [5.41, 5.74) is 1.42. The lowest BCUT2D eigenvalue weighted by atomic mass is 10.2. The van der Waals surface area contributed by atoms with Gasteiger partial charge in [0.15, 0.2) is 0 Å². The lowest BCUT2D eigenvalue weighted by Gasteiger charge is -2.28. The molecule has 0 aliphatic heterocycles. The fourth-order valence-corrected chi connectivity index (χ4v) is 1.19. The molecular weight excluding hydrogens is 158 g/mol. The van der Waals surface area contributed by atoms with E-state index in [1.165, 1.54) is 12.1 Å². The zero-order chi connectivity index (χ0) is 9.03. The second-order valence-electron chi connectivity index (χ2n) is 3.90. The topological polar surface area (TPSA) is 0 Å². The molecular formula is C12H22N+. The van der Waals surface area contributed by atoms with Crippen molar-refractivity contribution in [1.82, 2.24) is 0 Å². The third-order valence-corrected chi connectivity index (χ3v) is 2.31. The van der Waals surface area contributed by atoms with Gasteiger partial charge in [-0.3, -0.25) is 0 Å². The van der Waals surface area contributed by atoms with Gasteiger partial charge in [0.25, 0.3) is 0 Å². The summed E-state index contributed by atoms with van der Waals surface area (Å²) >= 11 is 0. The van der Waals surface area contributed by atoms with Crippen LogP contribution in [-0.4, -0.2) is 25.1 Å². The molecule has 1 nitrogen and oxygen atoms in total. The lowest BCUT2D eigenvalue weighted by Crippen LogP contribution is -2.38. The Morgan fingerprint density at radius 3 is 2.08 bits per heavy atom. The van der Waals surface area contributed by atoms with Gasteiger partial charge in [0.1, 0.15) is 6.54 Å². The van der Waals surface area contributed by atoms with Crippen LogP contribution < -0.4 is 0 Å². The maximum absolute atomic E-state index is 2.26. The van der Waals surface area contributed by atoms with E-state index in [1.807, 2.05) is 0 Å². The Morgan fingerprint density at radius 2 is 1.62 bits per heavy atom. The van der Waals surface area contributed by atoms with Crippen LogP contribution in [0.3, 0.4) is 0 Å². The molecule has 0 aliphatic carbocycles. The van der Waals surface area contributed by atoms with Crippen molar-refractivity contribution in [3.63, 3.8) is 0 Å². The molecule has 1 rings (SSSR count). The summed E-state index contributed by atoms with van der Waals surface area (Å²) in [5, 5.41) is 0. The van der Waals surface area contributed by atoms with E-state index in [2.05, 4.69) is 51.4 Å². The predicted molar refractivity (Wildman–Crippen MR) is 59.5 cm³/mol. The molecule has 0 radical (unpaired) electrons. The first-order valence-electron chi connectivity index (χ1n) is 4.50. The average molecular weight is 180 g/mol. The predicted octanol–water partition coefficient (Wildman–Crippen LogP) is 2.92. The number of nitrogens with zero attached hydrogens (tertiary/aromatic N) is 1. The van der Waals surface area contributed by atoms with Gasteiger partial charge in [0, 0.05) is 5.56 Å². The Kier molecular flexibility index (Phi) is 4.71. The van der Waals surface area contributed by atoms with Gasteiger partial charge in [-0.05, 0) is 6.92 Å². The van der Waals surface area contributed by atoms with Gasteiger partial charge >= 0.3 is 0 Å². The number of hydrogen-bond donors (Lipinski definition) is 0. The fourth-order valence-electron chi connectivity index (χ4n) is 1.19. The molecule has 1 aromatic carbocycles. The minimum atomic E-state index is 0. The minimum Gasteiger partial charge on any atom is -0.325 e. The molecule has 1 heteroatoms. The largest absolute Gasteiger partial charge is 0.325 e. The van der Waals surface area contributed by atoms with E-state index in [0.717, 1.165) is 11.0 Å². The summed E-state index contributed by atoms with van der Waals surface area (Å²) in [5.74, 6) is 0. The van der Waals surface area contributed by atoms with Crippen LogP contribution >= 0.6 is 0 Å².